The predicted octanol–water partition coefficient (Wildman–Crippen LogP) is 9.41. The number of hydrogen-bond acceptors (Lipinski definition) is 14. The van der Waals surface area contributed by atoms with E-state index < -0.39 is 42.9 Å². The second kappa shape index (κ2) is 20.0. The first-order chi connectivity index (χ1) is 34.9. The Labute approximate surface area is 425 Å². The molecule has 5 aromatic rings. The molecule has 4 atom stereocenters. The molecule has 19 heteroatoms. The molecule has 4 fully saturated rings. The number of aliphatic hydroxyl groups is 1. The monoisotopic (exact) mass is 1020 g/mol. The van der Waals surface area contributed by atoms with Gasteiger partial charge in [-0.15, -0.1) is 0 Å². The molecule has 2 aromatic heterocycles. The number of piperidine rings is 1. The average molecular weight is 1020 g/mol. The summed E-state index contributed by atoms with van der Waals surface area (Å²) in [6.07, 6.45) is 8.87. The maximum Gasteiger partial charge on any atom is 0.297 e. The molecule has 5 heterocycles. The topological polar surface area (TPSA) is 211 Å². The summed E-state index contributed by atoms with van der Waals surface area (Å²) >= 11 is 0. The number of rotatable bonds is 15. The Morgan fingerprint density at radius 1 is 1.03 bits per heavy atom. The summed E-state index contributed by atoms with van der Waals surface area (Å²) in [4.78, 5) is 37.8. The number of carbonyl (C=O) groups excluding carboxylic acids is 1. The van der Waals surface area contributed by atoms with Crippen LogP contribution in [-0.2, 0) is 14.8 Å². The number of sulfonamides is 1. The number of ether oxygens (including phenoxy) is 4. The van der Waals surface area contributed by atoms with Gasteiger partial charge in [0.15, 0.2) is 17.2 Å². The molecule has 4 N–H and O–H groups in total. The molecule has 2 saturated carbocycles. The highest BCUT2D eigenvalue weighted by atomic mass is 32.2. The molecule has 3 aliphatic heterocycles. The summed E-state index contributed by atoms with van der Waals surface area (Å²) in [5.74, 6) is -0.777. The minimum atomic E-state index is -4.78. The standard InChI is InChI=1S/C54H66FN7O10S/c1-32(2)37-9-6-7-10-38(37)39-11-8-12-44(39)61-30-54(31-61)19-21-60(22-20-54)35-13-14-40(46(23-35)72-48-26-41-42(55)27-56-50(41)58-52(48)71-28-33(3)69-5)51(63)59-73(67,68)36-24-45(62(65)66)49-47(25-36)70-29-43(57-49)34-15-17-53(4,64)18-16-34/h6-7,9-10,13-14,23-27,32-34,39,43-44,57,64H,8,11-12,15-22,28-31H2,1-5H3,(H,56,58)(H,59,63)/t33-,34-,39-,43-,44-,53-/m1/s1. The lowest BCUT2D eigenvalue weighted by Crippen LogP contribution is -2.63. The van der Waals surface area contributed by atoms with Gasteiger partial charge in [0.1, 0.15) is 30.4 Å². The van der Waals surface area contributed by atoms with Gasteiger partial charge in [-0.1, -0.05) is 44.5 Å². The number of nitro benzene ring substituents is 1. The molecule has 0 bridgehead atoms. The van der Waals surface area contributed by atoms with E-state index in [-0.39, 0.29) is 82.1 Å². The molecular formula is C54H66FN7O10S. The number of aromatic amines is 1. The number of H-pyrrole nitrogens is 1. The minimum absolute atomic E-state index is 0.0261. The smallest absolute Gasteiger partial charge is 0.297 e. The number of fused-ring (bicyclic) bond motifs is 2. The molecule has 73 heavy (non-hydrogen) atoms. The zero-order chi connectivity index (χ0) is 51.4. The van der Waals surface area contributed by atoms with Gasteiger partial charge in [0.05, 0.1) is 38.5 Å². The highest BCUT2D eigenvalue weighted by molar-refractivity contribution is 7.90. The highest BCUT2D eigenvalue weighted by Crippen LogP contribution is 2.50. The number of anilines is 2. The molecule has 1 amide bonds. The van der Waals surface area contributed by atoms with Crippen LogP contribution in [0.25, 0.3) is 11.0 Å². The largest absolute Gasteiger partial charge is 0.489 e. The Morgan fingerprint density at radius 3 is 2.51 bits per heavy atom. The number of likely N-dealkylation sites (tertiary alicyclic amines) is 1. The fraction of sp³-hybridized carbons (Fsp3) is 0.519. The van der Waals surface area contributed by atoms with Crippen molar-refractivity contribution in [1.29, 1.82) is 0 Å². The van der Waals surface area contributed by atoms with Gasteiger partial charge >= 0.3 is 0 Å². The van der Waals surface area contributed by atoms with Crippen molar-refractivity contribution >= 4 is 44.0 Å². The van der Waals surface area contributed by atoms with E-state index in [0.717, 1.165) is 63.0 Å². The zero-order valence-electron chi connectivity index (χ0n) is 42.1. The van der Waals surface area contributed by atoms with Crippen molar-refractivity contribution in [3.05, 3.63) is 99.5 Å². The summed E-state index contributed by atoms with van der Waals surface area (Å²) in [6, 6.07) is 17.5. The van der Waals surface area contributed by atoms with E-state index in [1.807, 2.05) is 0 Å². The van der Waals surface area contributed by atoms with Crippen molar-refractivity contribution in [2.45, 2.75) is 126 Å². The maximum atomic E-state index is 15.1. The van der Waals surface area contributed by atoms with Crippen molar-refractivity contribution in [1.82, 2.24) is 19.6 Å². The summed E-state index contributed by atoms with van der Waals surface area (Å²) < 4.78 is 69.4. The number of nitrogens with zero attached hydrogens (tertiary/aromatic N) is 4. The van der Waals surface area contributed by atoms with E-state index >= 15 is 4.39 Å². The minimum Gasteiger partial charge on any atom is -0.489 e. The second-order valence-corrected chi connectivity index (χ2v) is 23.3. The molecule has 0 unspecified atom stereocenters. The van der Waals surface area contributed by atoms with Gasteiger partial charge in [-0.25, -0.2) is 17.5 Å². The highest BCUT2D eigenvalue weighted by Gasteiger charge is 2.49. The van der Waals surface area contributed by atoms with Crippen molar-refractivity contribution in [3.8, 4) is 23.1 Å². The number of nitro groups is 1. The first-order valence-corrected chi connectivity index (χ1v) is 27.1. The molecule has 3 aromatic carbocycles. The fourth-order valence-corrected chi connectivity index (χ4v) is 12.9. The van der Waals surface area contributed by atoms with Gasteiger partial charge in [0.2, 0.25) is 0 Å². The van der Waals surface area contributed by atoms with E-state index in [4.69, 9.17) is 18.9 Å². The molecule has 5 aliphatic rings. The molecular weight excluding hydrogens is 958 g/mol. The molecule has 2 aliphatic carbocycles. The molecule has 390 valence electrons. The quantitative estimate of drug-likeness (QED) is 0.0569. The molecule has 10 rings (SSSR count). The lowest BCUT2D eigenvalue weighted by atomic mass is 9.70. The van der Waals surface area contributed by atoms with Crippen LogP contribution in [0.2, 0.25) is 0 Å². The molecule has 17 nitrogen and oxygen atoms in total. The first kappa shape index (κ1) is 50.5. The third kappa shape index (κ3) is 10.3. The van der Waals surface area contributed by atoms with Crippen LogP contribution in [0.5, 0.6) is 23.1 Å². The van der Waals surface area contributed by atoms with Gasteiger partial charge in [0.25, 0.3) is 27.5 Å². The van der Waals surface area contributed by atoms with Crippen LogP contribution in [0.15, 0.2) is 71.8 Å². The van der Waals surface area contributed by atoms with Crippen molar-refractivity contribution in [2.24, 2.45) is 11.3 Å². The van der Waals surface area contributed by atoms with Crippen LogP contribution in [0.3, 0.4) is 0 Å². The van der Waals surface area contributed by atoms with Crippen LogP contribution < -0.4 is 29.1 Å². The van der Waals surface area contributed by atoms with Gasteiger partial charge in [-0.3, -0.25) is 19.8 Å². The van der Waals surface area contributed by atoms with Gasteiger partial charge in [-0.05, 0) is 112 Å². The number of nitrogens with one attached hydrogen (secondary N) is 3. The van der Waals surface area contributed by atoms with Gasteiger partial charge < -0.3 is 39.3 Å². The summed E-state index contributed by atoms with van der Waals surface area (Å²) in [5.41, 5.74) is 2.60. The number of carbonyl (C=O) groups is 1. The van der Waals surface area contributed by atoms with E-state index in [0.29, 0.717) is 43.6 Å². The number of pyridine rings is 1. The Bertz CT molecular complexity index is 2990. The summed E-state index contributed by atoms with van der Waals surface area (Å²) in [6.45, 7) is 11.9. The van der Waals surface area contributed by atoms with E-state index in [1.54, 1.807) is 26.0 Å². The molecule has 0 radical (unpaired) electrons. The Morgan fingerprint density at radius 2 is 1.78 bits per heavy atom. The number of aromatic nitrogens is 2. The number of methoxy groups -OCH3 is 1. The van der Waals surface area contributed by atoms with Gasteiger partial charge in [-0.2, -0.15) is 4.98 Å². The van der Waals surface area contributed by atoms with Crippen LogP contribution in [0, 0.1) is 27.3 Å². The lowest BCUT2D eigenvalue weighted by Gasteiger charge is -2.57. The van der Waals surface area contributed by atoms with Crippen molar-refractivity contribution < 1.29 is 46.6 Å². The molecule has 2 saturated heterocycles. The van der Waals surface area contributed by atoms with Crippen LogP contribution >= 0.6 is 0 Å². The number of halogens is 1. The Balaban J connectivity index is 0.904. The second-order valence-electron chi connectivity index (χ2n) is 21.6. The Hall–Kier alpha value is -6.02. The predicted molar refractivity (Wildman–Crippen MR) is 274 cm³/mol. The zero-order valence-corrected chi connectivity index (χ0v) is 42.9. The molecule has 1 spiro atoms. The van der Waals surface area contributed by atoms with E-state index in [9.17, 15) is 28.4 Å². The van der Waals surface area contributed by atoms with Gasteiger partial charge in [0, 0.05) is 75.5 Å². The van der Waals surface area contributed by atoms with Crippen molar-refractivity contribution in [2.75, 3.05) is 56.7 Å². The average Bonchev–Trinajstić information content (AvgIpc) is 4.00. The number of hydrogen-bond donors (Lipinski definition) is 4. The first-order valence-electron chi connectivity index (χ1n) is 25.6. The third-order valence-electron chi connectivity index (χ3n) is 16.3. The van der Waals surface area contributed by atoms with E-state index in [2.05, 4.69) is 67.9 Å². The Kier molecular flexibility index (Phi) is 13.8. The summed E-state index contributed by atoms with van der Waals surface area (Å²) in [7, 11) is -3.25. The lowest BCUT2D eigenvalue weighted by molar-refractivity contribution is -0.384. The van der Waals surface area contributed by atoms with E-state index in [1.165, 1.54) is 49.6 Å². The van der Waals surface area contributed by atoms with Crippen LogP contribution in [0.4, 0.5) is 21.5 Å². The third-order valence-corrected chi connectivity index (χ3v) is 17.6. The number of benzene rings is 3. The van der Waals surface area contributed by atoms with Crippen molar-refractivity contribution in [3.63, 3.8) is 0 Å². The fourth-order valence-electron chi connectivity index (χ4n) is 11.9. The summed E-state index contributed by atoms with van der Waals surface area (Å²) in [5, 5.41) is 26.3. The van der Waals surface area contributed by atoms with Crippen LogP contribution in [-0.4, -0.2) is 110 Å². The maximum absolute atomic E-state index is 15.1. The normalized spacial score (nSPS) is 24.4. The SMILES string of the molecule is CO[C@H](C)COc1nc2[nH]cc(F)c2cc1Oc1cc(N2CCC3(CC2)CN([C@@H]2CCC[C@@H]2c2ccccc2C(C)C)C3)ccc1C(=O)NS(=O)(=O)c1cc2c(c([N+](=O)[O-])c1)N[C@@H]([C@H]1CC[C@](C)(O)CC1)CO2. The van der Waals surface area contributed by atoms with Crippen LogP contribution in [0.1, 0.15) is 119 Å². The number of amides is 1.